The van der Waals surface area contributed by atoms with Crippen molar-refractivity contribution < 1.29 is 18.0 Å². The number of nitrogens with zero attached hydrogens (tertiary/aromatic N) is 1. The lowest BCUT2D eigenvalue weighted by molar-refractivity contribution is -0.169. The number of hydrogen-bond acceptors (Lipinski definition) is 2. The van der Waals surface area contributed by atoms with Gasteiger partial charge in [-0.05, 0) is 32.6 Å². The van der Waals surface area contributed by atoms with E-state index in [1.807, 2.05) is 6.92 Å². The summed E-state index contributed by atoms with van der Waals surface area (Å²) < 4.78 is 37.6. The van der Waals surface area contributed by atoms with E-state index in [-0.39, 0.29) is 17.9 Å². The van der Waals surface area contributed by atoms with Gasteiger partial charge in [-0.2, -0.15) is 13.2 Å². The molecule has 0 aromatic carbocycles. The van der Waals surface area contributed by atoms with Gasteiger partial charge < -0.3 is 10.6 Å². The average Bonchev–Trinajstić information content (AvgIpc) is 2.27. The number of halogens is 3. The molecule has 3 nitrogen and oxygen atoms in total. The molecule has 0 heterocycles. The molecule has 0 aliphatic heterocycles. The van der Waals surface area contributed by atoms with Crippen LogP contribution in [0.5, 0.6) is 0 Å². The van der Waals surface area contributed by atoms with Crippen molar-refractivity contribution in [3.63, 3.8) is 0 Å². The number of alkyl halides is 3. The normalized spacial score (nSPS) is 28.5. The first-order valence-electron chi connectivity index (χ1n) is 6.76. The molecule has 19 heavy (non-hydrogen) atoms. The van der Waals surface area contributed by atoms with Gasteiger partial charge in [-0.25, -0.2) is 0 Å². The zero-order valence-electron chi connectivity index (χ0n) is 11.7. The van der Waals surface area contributed by atoms with Crippen molar-refractivity contribution in [2.45, 2.75) is 58.3 Å². The Labute approximate surface area is 112 Å². The van der Waals surface area contributed by atoms with Crippen LogP contribution in [0.1, 0.15) is 40.0 Å². The second-order valence-corrected chi connectivity index (χ2v) is 5.74. The van der Waals surface area contributed by atoms with E-state index in [0.29, 0.717) is 6.42 Å². The van der Waals surface area contributed by atoms with E-state index < -0.39 is 24.7 Å². The van der Waals surface area contributed by atoms with E-state index in [9.17, 15) is 18.0 Å². The molecule has 6 heteroatoms. The van der Waals surface area contributed by atoms with Crippen LogP contribution in [0.2, 0.25) is 0 Å². The maximum absolute atomic E-state index is 12.5. The standard InChI is InChI=1S/C13H23F3N2O/c1-8(2)18(7-13(14,15)16)12(19)10-5-4-6-11(17)9(10)3/h8-11H,4-7,17H2,1-3H3. The molecule has 1 rings (SSSR count). The molecule has 0 bridgehead atoms. The van der Waals surface area contributed by atoms with Crippen molar-refractivity contribution in [3.8, 4) is 0 Å². The predicted octanol–water partition coefficient (Wildman–Crippen LogP) is 2.55. The molecule has 2 N–H and O–H groups in total. The summed E-state index contributed by atoms with van der Waals surface area (Å²) in [5.41, 5.74) is 5.92. The average molecular weight is 280 g/mol. The molecule has 0 spiro atoms. The van der Waals surface area contributed by atoms with Gasteiger partial charge in [-0.15, -0.1) is 0 Å². The second kappa shape index (κ2) is 6.11. The molecule has 0 aromatic heterocycles. The highest BCUT2D eigenvalue weighted by Crippen LogP contribution is 2.32. The molecule has 1 amide bonds. The summed E-state index contributed by atoms with van der Waals surface area (Å²) in [6, 6.07) is -0.554. The summed E-state index contributed by atoms with van der Waals surface area (Å²) in [5, 5.41) is 0. The Bertz CT molecular complexity index is 318. The van der Waals surface area contributed by atoms with E-state index in [4.69, 9.17) is 5.73 Å². The van der Waals surface area contributed by atoms with Gasteiger partial charge in [0.05, 0.1) is 0 Å². The van der Waals surface area contributed by atoms with Crippen LogP contribution in [0.4, 0.5) is 13.2 Å². The largest absolute Gasteiger partial charge is 0.406 e. The molecule has 0 radical (unpaired) electrons. The summed E-state index contributed by atoms with van der Waals surface area (Å²) in [5.74, 6) is -0.848. The first kappa shape index (κ1) is 16.3. The maximum atomic E-state index is 12.5. The summed E-state index contributed by atoms with van der Waals surface area (Å²) in [6.07, 6.45) is -2.08. The highest BCUT2D eigenvalue weighted by Gasteiger charge is 2.40. The summed E-state index contributed by atoms with van der Waals surface area (Å²) in [6.45, 7) is 3.90. The fraction of sp³-hybridized carbons (Fsp3) is 0.923. The van der Waals surface area contributed by atoms with Gasteiger partial charge in [0.15, 0.2) is 0 Å². The molecule has 112 valence electrons. The minimum Gasteiger partial charge on any atom is -0.331 e. The molecule has 3 unspecified atom stereocenters. The summed E-state index contributed by atoms with van der Waals surface area (Å²) >= 11 is 0. The van der Waals surface area contributed by atoms with E-state index >= 15 is 0 Å². The smallest absolute Gasteiger partial charge is 0.331 e. The van der Waals surface area contributed by atoms with Gasteiger partial charge in [0.25, 0.3) is 0 Å². The van der Waals surface area contributed by atoms with Crippen molar-refractivity contribution in [1.29, 1.82) is 0 Å². The Morgan fingerprint density at radius 3 is 2.42 bits per heavy atom. The van der Waals surface area contributed by atoms with Gasteiger partial charge in [0, 0.05) is 18.0 Å². The summed E-state index contributed by atoms with van der Waals surface area (Å²) in [4.78, 5) is 13.3. The number of hydrogen-bond donors (Lipinski definition) is 1. The molecular weight excluding hydrogens is 257 g/mol. The fourth-order valence-corrected chi connectivity index (χ4v) is 2.67. The van der Waals surface area contributed by atoms with Crippen LogP contribution in [-0.2, 0) is 4.79 Å². The molecule has 0 aromatic rings. The van der Waals surface area contributed by atoms with Gasteiger partial charge >= 0.3 is 6.18 Å². The monoisotopic (exact) mass is 280 g/mol. The van der Waals surface area contributed by atoms with E-state index in [0.717, 1.165) is 17.7 Å². The quantitative estimate of drug-likeness (QED) is 0.863. The Balaban J connectivity index is 2.81. The number of nitrogens with two attached hydrogens (primary N) is 1. The Hall–Kier alpha value is -0.780. The molecule has 3 atom stereocenters. The fourth-order valence-electron chi connectivity index (χ4n) is 2.67. The molecule has 0 saturated heterocycles. The maximum Gasteiger partial charge on any atom is 0.406 e. The highest BCUT2D eigenvalue weighted by molar-refractivity contribution is 5.79. The number of carbonyl (C=O) groups is 1. The molecule has 1 fully saturated rings. The molecular formula is C13H23F3N2O. The van der Waals surface area contributed by atoms with Crippen LogP contribution in [0, 0.1) is 11.8 Å². The minimum absolute atomic E-state index is 0.0595. The van der Waals surface area contributed by atoms with Crippen LogP contribution in [0.15, 0.2) is 0 Å². The molecule has 1 saturated carbocycles. The van der Waals surface area contributed by atoms with Crippen molar-refractivity contribution in [2.75, 3.05) is 6.54 Å². The van der Waals surface area contributed by atoms with Gasteiger partial charge in [0.2, 0.25) is 5.91 Å². The first-order chi connectivity index (χ1) is 8.63. The van der Waals surface area contributed by atoms with Crippen LogP contribution >= 0.6 is 0 Å². The third-order valence-electron chi connectivity index (χ3n) is 3.94. The Morgan fingerprint density at radius 2 is 1.95 bits per heavy atom. The van der Waals surface area contributed by atoms with Crippen molar-refractivity contribution in [3.05, 3.63) is 0 Å². The van der Waals surface area contributed by atoms with E-state index in [1.54, 1.807) is 13.8 Å². The van der Waals surface area contributed by atoms with Crippen molar-refractivity contribution in [1.82, 2.24) is 4.90 Å². The SMILES string of the molecule is CC1C(N)CCCC1C(=O)N(CC(F)(F)F)C(C)C. The number of rotatable bonds is 3. The van der Waals surface area contributed by atoms with Gasteiger partial charge in [-0.1, -0.05) is 13.3 Å². The lowest BCUT2D eigenvalue weighted by Gasteiger charge is -2.38. The van der Waals surface area contributed by atoms with Crippen molar-refractivity contribution in [2.24, 2.45) is 17.6 Å². The minimum atomic E-state index is -4.36. The predicted molar refractivity (Wildman–Crippen MR) is 67.4 cm³/mol. The van der Waals surface area contributed by atoms with Gasteiger partial charge in [-0.3, -0.25) is 4.79 Å². The molecule has 1 aliphatic carbocycles. The number of amides is 1. The molecule has 1 aliphatic rings. The Morgan fingerprint density at radius 1 is 1.37 bits per heavy atom. The topological polar surface area (TPSA) is 46.3 Å². The van der Waals surface area contributed by atoms with Crippen LogP contribution < -0.4 is 5.73 Å². The highest BCUT2D eigenvalue weighted by atomic mass is 19.4. The van der Waals surface area contributed by atoms with Crippen LogP contribution in [-0.4, -0.2) is 35.6 Å². The Kier molecular flexibility index (Phi) is 5.24. The second-order valence-electron chi connectivity index (χ2n) is 5.74. The van der Waals surface area contributed by atoms with E-state index in [2.05, 4.69) is 0 Å². The summed E-state index contributed by atoms with van der Waals surface area (Å²) in [7, 11) is 0. The van der Waals surface area contributed by atoms with E-state index in [1.165, 1.54) is 0 Å². The first-order valence-corrected chi connectivity index (χ1v) is 6.76. The van der Waals surface area contributed by atoms with Crippen LogP contribution in [0.25, 0.3) is 0 Å². The lowest BCUT2D eigenvalue weighted by Crippen LogP contribution is -2.50. The number of carbonyl (C=O) groups excluding carboxylic acids is 1. The van der Waals surface area contributed by atoms with Gasteiger partial charge in [0.1, 0.15) is 6.54 Å². The zero-order valence-corrected chi connectivity index (χ0v) is 11.7. The third-order valence-corrected chi connectivity index (χ3v) is 3.94. The van der Waals surface area contributed by atoms with Crippen molar-refractivity contribution >= 4 is 5.91 Å². The van der Waals surface area contributed by atoms with Crippen LogP contribution in [0.3, 0.4) is 0 Å². The zero-order chi connectivity index (χ0) is 14.8. The lowest BCUT2D eigenvalue weighted by atomic mass is 9.76. The third kappa shape index (κ3) is 4.37.